The van der Waals surface area contributed by atoms with E-state index in [1.165, 1.54) is 12.8 Å². The number of nitrogens with zero attached hydrogens (tertiary/aromatic N) is 1. The average molecular weight is 167 g/mol. The van der Waals surface area contributed by atoms with Gasteiger partial charge in [-0.05, 0) is 25.0 Å². The molecule has 0 N–H and O–H groups in total. The first-order chi connectivity index (χ1) is 5.34. The van der Waals surface area contributed by atoms with E-state index >= 15 is 0 Å². The highest BCUT2D eigenvalue weighted by atomic mass is 32.1. The van der Waals surface area contributed by atoms with Gasteiger partial charge in [0.2, 0.25) is 0 Å². The van der Waals surface area contributed by atoms with Crippen molar-refractivity contribution in [3.8, 4) is 0 Å². The van der Waals surface area contributed by atoms with Gasteiger partial charge in [0.15, 0.2) is 0 Å². The minimum Gasteiger partial charge on any atom is -0.260 e. The summed E-state index contributed by atoms with van der Waals surface area (Å²) in [5, 5.41) is 0. The highest BCUT2D eigenvalue weighted by molar-refractivity contribution is 7.80. The summed E-state index contributed by atoms with van der Waals surface area (Å²) in [6.07, 6.45) is 5.29. The fourth-order valence-corrected chi connectivity index (χ4v) is 1.22. The number of hydrogen-bond acceptors (Lipinski definition) is 2. The lowest BCUT2D eigenvalue weighted by Crippen LogP contribution is -1.90. The van der Waals surface area contributed by atoms with Crippen LogP contribution in [0, 0.1) is 0 Å². The molecule has 0 unspecified atom stereocenters. The summed E-state index contributed by atoms with van der Waals surface area (Å²) in [6.45, 7) is 2.18. The Hall–Kier alpha value is -0.500. The topological polar surface area (TPSA) is 12.9 Å². The molecule has 0 atom stereocenters. The molecular weight excluding hydrogens is 154 g/mol. The zero-order valence-corrected chi connectivity index (χ0v) is 7.64. The second-order valence-electron chi connectivity index (χ2n) is 2.57. The molecule has 0 spiro atoms. The Labute approximate surface area is 73.3 Å². The van der Waals surface area contributed by atoms with Crippen LogP contribution >= 0.6 is 12.6 Å². The molecule has 1 rings (SSSR count). The van der Waals surface area contributed by atoms with Gasteiger partial charge in [-0.15, -0.1) is 12.6 Å². The van der Waals surface area contributed by atoms with Gasteiger partial charge in [0.05, 0.1) is 5.69 Å². The van der Waals surface area contributed by atoms with E-state index < -0.39 is 0 Å². The summed E-state index contributed by atoms with van der Waals surface area (Å²) in [5.41, 5.74) is 1.12. The SMILES string of the molecule is CCCCc1ncccc1S. The van der Waals surface area contributed by atoms with Crippen LogP contribution < -0.4 is 0 Å². The smallest absolute Gasteiger partial charge is 0.0536 e. The predicted octanol–water partition coefficient (Wildman–Crippen LogP) is 2.71. The normalized spacial score (nSPS) is 10.0. The molecule has 1 heterocycles. The maximum absolute atomic E-state index is 4.31. The molecule has 0 fully saturated rings. The van der Waals surface area contributed by atoms with Crippen LogP contribution in [-0.2, 0) is 6.42 Å². The van der Waals surface area contributed by atoms with Crippen molar-refractivity contribution in [2.75, 3.05) is 0 Å². The van der Waals surface area contributed by atoms with Crippen LogP contribution in [0.15, 0.2) is 23.2 Å². The van der Waals surface area contributed by atoms with Crippen LogP contribution in [0.1, 0.15) is 25.5 Å². The Bertz CT molecular complexity index is 223. The number of thiol groups is 1. The first kappa shape index (κ1) is 8.60. The lowest BCUT2D eigenvalue weighted by atomic mass is 10.2. The lowest BCUT2D eigenvalue weighted by Gasteiger charge is -2.00. The van der Waals surface area contributed by atoms with Gasteiger partial charge in [0.25, 0.3) is 0 Å². The number of aromatic nitrogens is 1. The number of hydrogen-bond donors (Lipinski definition) is 1. The van der Waals surface area contributed by atoms with Crippen molar-refractivity contribution in [3.05, 3.63) is 24.0 Å². The van der Waals surface area contributed by atoms with Crippen molar-refractivity contribution < 1.29 is 0 Å². The van der Waals surface area contributed by atoms with E-state index in [0.29, 0.717) is 0 Å². The largest absolute Gasteiger partial charge is 0.260 e. The minimum absolute atomic E-state index is 1.01. The molecule has 1 nitrogen and oxygen atoms in total. The third kappa shape index (κ3) is 2.54. The number of unbranched alkanes of at least 4 members (excludes halogenated alkanes) is 1. The van der Waals surface area contributed by atoms with Crippen molar-refractivity contribution in [3.63, 3.8) is 0 Å². The van der Waals surface area contributed by atoms with Gasteiger partial charge in [-0.25, -0.2) is 0 Å². The molecule has 0 radical (unpaired) electrons. The zero-order valence-electron chi connectivity index (χ0n) is 6.75. The molecule has 0 aromatic carbocycles. The molecule has 1 aromatic rings. The molecule has 0 saturated carbocycles. The molecule has 2 heteroatoms. The highest BCUT2D eigenvalue weighted by Crippen LogP contribution is 2.12. The average Bonchev–Trinajstić information content (AvgIpc) is 2.03. The van der Waals surface area contributed by atoms with E-state index in [4.69, 9.17) is 0 Å². The van der Waals surface area contributed by atoms with Crippen molar-refractivity contribution >= 4 is 12.6 Å². The van der Waals surface area contributed by atoms with Gasteiger partial charge in [0, 0.05) is 11.1 Å². The summed E-state index contributed by atoms with van der Waals surface area (Å²) >= 11 is 4.31. The van der Waals surface area contributed by atoms with E-state index in [1.807, 2.05) is 18.3 Å². The Morgan fingerprint density at radius 3 is 3.00 bits per heavy atom. The van der Waals surface area contributed by atoms with Gasteiger partial charge in [-0.2, -0.15) is 0 Å². The van der Waals surface area contributed by atoms with Crippen molar-refractivity contribution in [1.82, 2.24) is 4.98 Å². The van der Waals surface area contributed by atoms with Gasteiger partial charge < -0.3 is 0 Å². The minimum atomic E-state index is 1.01. The number of pyridine rings is 1. The molecule has 0 aliphatic carbocycles. The molecule has 0 amide bonds. The Balaban J connectivity index is 2.62. The van der Waals surface area contributed by atoms with Crippen LogP contribution in [0.5, 0.6) is 0 Å². The second-order valence-corrected chi connectivity index (χ2v) is 3.05. The van der Waals surface area contributed by atoms with Crippen molar-refractivity contribution in [1.29, 1.82) is 0 Å². The van der Waals surface area contributed by atoms with Crippen LogP contribution in [0.4, 0.5) is 0 Å². The summed E-state index contributed by atoms with van der Waals surface area (Å²) < 4.78 is 0. The highest BCUT2D eigenvalue weighted by Gasteiger charge is 1.96. The fraction of sp³-hybridized carbons (Fsp3) is 0.444. The van der Waals surface area contributed by atoms with Gasteiger partial charge in [-0.1, -0.05) is 13.3 Å². The molecule has 0 aliphatic heterocycles. The molecule has 0 bridgehead atoms. The summed E-state index contributed by atoms with van der Waals surface area (Å²) in [4.78, 5) is 5.25. The first-order valence-electron chi connectivity index (χ1n) is 3.97. The second kappa shape index (κ2) is 4.39. The van der Waals surface area contributed by atoms with E-state index in [9.17, 15) is 0 Å². The van der Waals surface area contributed by atoms with E-state index in [-0.39, 0.29) is 0 Å². The predicted molar refractivity (Wildman–Crippen MR) is 50.1 cm³/mol. The number of aryl methyl sites for hydroxylation is 1. The third-order valence-corrected chi connectivity index (χ3v) is 2.04. The molecule has 1 aromatic heterocycles. The fourth-order valence-electron chi connectivity index (χ4n) is 0.966. The van der Waals surface area contributed by atoms with Crippen LogP contribution in [0.2, 0.25) is 0 Å². The monoisotopic (exact) mass is 167 g/mol. The number of rotatable bonds is 3. The maximum atomic E-state index is 4.31. The summed E-state index contributed by atoms with van der Waals surface area (Å²) in [6, 6.07) is 3.90. The molecule has 0 saturated heterocycles. The summed E-state index contributed by atoms with van der Waals surface area (Å²) in [7, 11) is 0. The van der Waals surface area contributed by atoms with E-state index in [0.717, 1.165) is 17.0 Å². The molecule has 60 valence electrons. The van der Waals surface area contributed by atoms with Gasteiger partial charge in [-0.3, -0.25) is 4.98 Å². The van der Waals surface area contributed by atoms with E-state index in [1.54, 1.807) is 0 Å². The molecular formula is C9H13NS. The lowest BCUT2D eigenvalue weighted by molar-refractivity contribution is 0.764. The van der Waals surface area contributed by atoms with Crippen LogP contribution in [0.25, 0.3) is 0 Å². The quantitative estimate of drug-likeness (QED) is 0.683. The Kier molecular flexibility index (Phi) is 3.43. The Morgan fingerprint density at radius 1 is 1.55 bits per heavy atom. The Morgan fingerprint density at radius 2 is 2.36 bits per heavy atom. The standard InChI is InChI=1S/C9H13NS/c1-2-3-5-8-9(11)6-4-7-10-8/h4,6-7,11H,2-3,5H2,1H3. The van der Waals surface area contributed by atoms with Crippen molar-refractivity contribution in [2.24, 2.45) is 0 Å². The first-order valence-corrected chi connectivity index (χ1v) is 4.42. The van der Waals surface area contributed by atoms with Gasteiger partial charge >= 0.3 is 0 Å². The molecule has 11 heavy (non-hydrogen) atoms. The van der Waals surface area contributed by atoms with Crippen LogP contribution in [0.3, 0.4) is 0 Å². The maximum Gasteiger partial charge on any atom is 0.0536 e. The third-order valence-electron chi connectivity index (χ3n) is 1.63. The van der Waals surface area contributed by atoms with E-state index in [2.05, 4.69) is 24.5 Å². The molecule has 0 aliphatic rings. The van der Waals surface area contributed by atoms with Crippen LogP contribution in [-0.4, -0.2) is 4.98 Å². The van der Waals surface area contributed by atoms with Gasteiger partial charge in [0.1, 0.15) is 0 Å². The van der Waals surface area contributed by atoms with Crippen molar-refractivity contribution in [2.45, 2.75) is 31.1 Å². The summed E-state index contributed by atoms with van der Waals surface area (Å²) in [5.74, 6) is 0. The zero-order chi connectivity index (χ0) is 8.10.